The Balaban J connectivity index is 0.00000128. The maximum Gasteiger partial charge on any atom is 0.277 e. The van der Waals surface area contributed by atoms with Crippen LogP contribution >= 0.6 is 0 Å². The molecule has 4 heteroatoms. The van der Waals surface area contributed by atoms with Gasteiger partial charge in [-0.05, 0) is 12.8 Å². The van der Waals surface area contributed by atoms with E-state index >= 15 is 0 Å². The van der Waals surface area contributed by atoms with E-state index in [1.807, 2.05) is 30.6 Å². The molecular weight excluding hydrogens is 224 g/mol. The van der Waals surface area contributed by atoms with E-state index in [2.05, 4.69) is 5.43 Å². The molecule has 16 heavy (non-hydrogen) atoms. The molecule has 1 aromatic heterocycles. The Hall–Kier alpha value is -1.09. The average Bonchev–Trinajstić information content (AvgIpc) is 2.31. The summed E-state index contributed by atoms with van der Waals surface area (Å²) in [6.45, 7) is 0. The van der Waals surface area contributed by atoms with Gasteiger partial charge in [-0.3, -0.25) is 4.79 Å². The lowest BCUT2D eigenvalue weighted by atomic mass is 9.89. The van der Waals surface area contributed by atoms with Crippen LogP contribution in [0.15, 0.2) is 30.6 Å². The summed E-state index contributed by atoms with van der Waals surface area (Å²) in [7, 11) is 0. The van der Waals surface area contributed by atoms with E-state index in [-0.39, 0.29) is 24.2 Å². The van der Waals surface area contributed by atoms with Crippen molar-refractivity contribution in [2.45, 2.75) is 32.1 Å². The summed E-state index contributed by atoms with van der Waals surface area (Å²) in [5.74, 6) is 0.373. The maximum absolute atomic E-state index is 11.8. The molecule has 1 fully saturated rings. The van der Waals surface area contributed by atoms with E-state index < -0.39 is 0 Å². The number of rotatable bonds is 2. The molecule has 0 spiro atoms. The van der Waals surface area contributed by atoms with Crippen molar-refractivity contribution in [3.05, 3.63) is 30.6 Å². The molecule has 0 saturated heterocycles. The minimum atomic E-state index is 0. The zero-order chi connectivity index (χ0) is 10.5. The lowest BCUT2D eigenvalue weighted by Gasteiger charge is -2.18. The highest BCUT2D eigenvalue weighted by atomic mass is 35.5. The lowest BCUT2D eigenvalue weighted by Crippen LogP contribution is -3.00. The summed E-state index contributed by atoms with van der Waals surface area (Å²) in [5.41, 5.74) is 2.89. The van der Waals surface area contributed by atoms with E-state index in [1.165, 1.54) is 19.3 Å². The molecule has 0 aromatic carbocycles. The fourth-order valence-corrected chi connectivity index (χ4v) is 2.06. The van der Waals surface area contributed by atoms with Crippen LogP contribution in [0.2, 0.25) is 0 Å². The van der Waals surface area contributed by atoms with Gasteiger partial charge in [-0.2, -0.15) is 0 Å². The maximum atomic E-state index is 11.8. The highest BCUT2D eigenvalue weighted by Gasteiger charge is 2.23. The quantitative estimate of drug-likeness (QED) is 0.636. The minimum Gasteiger partial charge on any atom is -1.00 e. The molecule has 1 N–H and O–H groups in total. The van der Waals surface area contributed by atoms with Gasteiger partial charge >= 0.3 is 0 Å². The molecule has 2 rings (SSSR count). The number of pyridine rings is 1. The number of aromatic nitrogens is 1. The fourth-order valence-electron chi connectivity index (χ4n) is 2.06. The van der Waals surface area contributed by atoms with Gasteiger partial charge in [0, 0.05) is 18.1 Å². The predicted molar refractivity (Wildman–Crippen MR) is 57.6 cm³/mol. The van der Waals surface area contributed by atoms with Gasteiger partial charge in [0.15, 0.2) is 12.4 Å². The second-order valence-corrected chi connectivity index (χ2v) is 4.09. The molecule has 1 saturated carbocycles. The minimum absolute atomic E-state index is 0. The van der Waals surface area contributed by atoms with Gasteiger partial charge in [-0.15, -0.1) is 5.43 Å². The molecule has 0 atom stereocenters. The molecule has 1 heterocycles. The zero-order valence-electron chi connectivity index (χ0n) is 9.23. The molecule has 0 bridgehead atoms. The summed E-state index contributed by atoms with van der Waals surface area (Å²) in [4.78, 5) is 11.8. The van der Waals surface area contributed by atoms with Gasteiger partial charge in [0.05, 0.1) is 0 Å². The van der Waals surface area contributed by atoms with Gasteiger partial charge in [0.1, 0.15) is 0 Å². The van der Waals surface area contributed by atoms with Crippen LogP contribution < -0.4 is 22.5 Å². The molecule has 1 aromatic rings. The summed E-state index contributed by atoms with van der Waals surface area (Å²) in [6.07, 6.45) is 9.44. The van der Waals surface area contributed by atoms with Gasteiger partial charge < -0.3 is 12.4 Å². The van der Waals surface area contributed by atoms with E-state index in [1.54, 1.807) is 4.68 Å². The van der Waals surface area contributed by atoms with Crippen molar-refractivity contribution in [2.75, 3.05) is 5.43 Å². The Morgan fingerprint density at radius 1 is 1.06 bits per heavy atom. The Bertz CT molecular complexity index is 323. The van der Waals surface area contributed by atoms with Crippen molar-refractivity contribution in [3.8, 4) is 0 Å². The van der Waals surface area contributed by atoms with Crippen LogP contribution in [0.5, 0.6) is 0 Å². The van der Waals surface area contributed by atoms with Gasteiger partial charge in [0.2, 0.25) is 0 Å². The normalized spacial score (nSPS) is 16.2. The van der Waals surface area contributed by atoms with E-state index in [0.29, 0.717) is 0 Å². The molecule has 1 aliphatic rings. The van der Waals surface area contributed by atoms with Gasteiger partial charge in [-0.25, -0.2) is 0 Å². The number of hydrogen-bond acceptors (Lipinski definition) is 1. The largest absolute Gasteiger partial charge is 1.00 e. The second-order valence-electron chi connectivity index (χ2n) is 4.09. The number of hydrogen-bond donors (Lipinski definition) is 1. The SMILES string of the molecule is O=C(N[n+]1ccccc1)C1CCCCC1.[Cl-]. The van der Waals surface area contributed by atoms with Crippen LogP contribution in [0.1, 0.15) is 32.1 Å². The second kappa shape index (κ2) is 6.48. The first-order valence-electron chi connectivity index (χ1n) is 5.63. The van der Waals surface area contributed by atoms with Crippen LogP contribution in [0.25, 0.3) is 0 Å². The topological polar surface area (TPSA) is 33.0 Å². The molecule has 0 unspecified atom stereocenters. The Labute approximate surface area is 102 Å². The Morgan fingerprint density at radius 3 is 2.31 bits per heavy atom. The van der Waals surface area contributed by atoms with E-state index in [4.69, 9.17) is 0 Å². The summed E-state index contributed by atoms with van der Waals surface area (Å²) in [5, 5.41) is 0. The van der Waals surface area contributed by atoms with Crippen molar-refractivity contribution in [1.82, 2.24) is 0 Å². The van der Waals surface area contributed by atoms with Crippen molar-refractivity contribution in [2.24, 2.45) is 5.92 Å². The molecule has 0 aliphatic heterocycles. The van der Waals surface area contributed by atoms with Crippen LogP contribution in [0.4, 0.5) is 0 Å². The summed E-state index contributed by atoms with van der Waals surface area (Å²) in [6, 6.07) is 5.74. The highest BCUT2D eigenvalue weighted by Crippen LogP contribution is 2.23. The van der Waals surface area contributed by atoms with Gasteiger partial charge in [0.25, 0.3) is 5.91 Å². The number of nitrogens with one attached hydrogen (secondary N) is 1. The van der Waals surface area contributed by atoms with Crippen molar-refractivity contribution in [1.29, 1.82) is 0 Å². The number of amides is 1. The Morgan fingerprint density at radius 2 is 1.69 bits per heavy atom. The third-order valence-electron chi connectivity index (χ3n) is 2.93. The number of carbonyl (C=O) groups is 1. The first-order chi connectivity index (χ1) is 7.36. The third kappa shape index (κ3) is 3.49. The number of carbonyl (C=O) groups excluding carboxylic acids is 1. The monoisotopic (exact) mass is 240 g/mol. The van der Waals surface area contributed by atoms with Crippen molar-refractivity contribution >= 4 is 5.91 Å². The smallest absolute Gasteiger partial charge is 0.277 e. The van der Waals surface area contributed by atoms with Crippen LogP contribution in [0, 0.1) is 5.92 Å². The summed E-state index contributed by atoms with van der Waals surface area (Å²) < 4.78 is 1.72. The predicted octanol–water partition coefficient (Wildman–Crippen LogP) is -1.37. The first-order valence-corrected chi connectivity index (χ1v) is 5.63. The van der Waals surface area contributed by atoms with E-state index in [9.17, 15) is 4.79 Å². The fraction of sp³-hybridized carbons (Fsp3) is 0.500. The lowest BCUT2D eigenvalue weighted by molar-refractivity contribution is -0.642. The van der Waals surface area contributed by atoms with Crippen molar-refractivity contribution in [3.63, 3.8) is 0 Å². The van der Waals surface area contributed by atoms with Gasteiger partial charge in [-0.1, -0.05) is 30.0 Å². The molecule has 3 nitrogen and oxygen atoms in total. The molecular formula is C12H17ClN2O. The Kier molecular flexibility index (Phi) is 5.26. The molecule has 88 valence electrons. The average molecular weight is 241 g/mol. The number of nitrogens with zero attached hydrogens (tertiary/aromatic N) is 1. The van der Waals surface area contributed by atoms with E-state index in [0.717, 1.165) is 12.8 Å². The van der Waals surface area contributed by atoms with Crippen LogP contribution in [0.3, 0.4) is 0 Å². The van der Waals surface area contributed by atoms with Crippen molar-refractivity contribution < 1.29 is 21.9 Å². The van der Waals surface area contributed by atoms with Crippen LogP contribution in [-0.4, -0.2) is 5.91 Å². The first kappa shape index (κ1) is 13.0. The number of halogens is 1. The third-order valence-corrected chi connectivity index (χ3v) is 2.93. The zero-order valence-corrected chi connectivity index (χ0v) is 9.99. The molecule has 1 aliphatic carbocycles. The molecule has 0 radical (unpaired) electrons. The highest BCUT2D eigenvalue weighted by molar-refractivity contribution is 5.84. The van der Waals surface area contributed by atoms with Crippen LogP contribution in [-0.2, 0) is 4.79 Å². The standard InChI is InChI=1S/C12H16N2O.ClH/c15-12(11-7-3-1-4-8-11)13-14-9-5-2-6-10-14;/h2,5-6,9-11H,1,3-4,7-8H2;1H. The summed E-state index contributed by atoms with van der Waals surface area (Å²) >= 11 is 0. The molecule has 1 amide bonds.